The van der Waals surface area contributed by atoms with Crippen LogP contribution in [-0.2, 0) is 6.18 Å². The predicted octanol–water partition coefficient (Wildman–Crippen LogP) is 3.30. The molecule has 0 aliphatic rings. The van der Waals surface area contributed by atoms with Gasteiger partial charge in [0.1, 0.15) is 0 Å². The molecule has 0 bridgehead atoms. The zero-order chi connectivity index (χ0) is 14.9. The first-order valence-corrected chi connectivity index (χ1v) is 5.79. The maximum absolute atomic E-state index is 12.7. The van der Waals surface area contributed by atoms with Crippen molar-refractivity contribution < 1.29 is 18.0 Å². The summed E-state index contributed by atoms with van der Waals surface area (Å²) in [7, 11) is 0. The van der Waals surface area contributed by atoms with Crippen LogP contribution < -0.4 is 5.32 Å². The fourth-order valence-corrected chi connectivity index (χ4v) is 1.75. The molecule has 106 valence electrons. The SMILES string of the molecule is Cc1cccc(NC(=O)c2cn[nH]c2C(F)(F)F)c1C. The number of aryl methyl sites for hydroxylation is 1. The van der Waals surface area contributed by atoms with Crippen LogP contribution >= 0.6 is 0 Å². The van der Waals surface area contributed by atoms with Gasteiger partial charge >= 0.3 is 6.18 Å². The van der Waals surface area contributed by atoms with E-state index in [4.69, 9.17) is 0 Å². The van der Waals surface area contributed by atoms with Crippen LogP contribution in [-0.4, -0.2) is 16.1 Å². The molecular weight excluding hydrogens is 271 g/mol. The number of amides is 1. The fourth-order valence-electron chi connectivity index (χ4n) is 1.75. The summed E-state index contributed by atoms with van der Waals surface area (Å²) in [5, 5.41) is 7.55. The van der Waals surface area contributed by atoms with Crippen LogP contribution in [0.15, 0.2) is 24.4 Å². The van der Waals surface area contributed by atoms with Gasteiger partial charge in [0.25, 0.3) is 5.91 Å². The van der Waals surface area contributed by atoms with Gasteiger partial charge in [0.05, 0.1) is 11.8 Å². The number of H-pyrrole nitrogens is 1. The van der Waals surface area contributed by atoms with E-state index in [1.165, 1.54) is 0 Å². The second kappa shape index (κ2) is 4.99. The van der Waals surface area contributed by atoms with Crippen LogP contribution in [0, 0.1) is 13.8 Å². The highest BCUT2D eigenvalue weighted by molar-refractivity contribution is 6.05. The van der Waals surface area contributed by atoms with E-state index in [9.17, 15) is 18.0 Å². The molecule has 0 unspecified atom stereocenters. The van der Waals surface area contributed by atoms with Crippen LogP contribution in [0.25, 0.3) is 0 Å². The first-order chi connectivity index (χ1) is 9.30. The van der Waals surface area contributed by atoms with Crippen molar-refractivity contribution >= 4 is 11.6 Å². The topological polar surface area (TPSA) is 57.8 Å². The number of carbonyl (C=O) groups is 1. The first kappa shape index (κ1) is 14.1. The zero-order valence-corrected chi connectivity index (χ0v) is 10.8. The molecule has 2 rings (SSSR count). The number of hydrogen-bond donors (Lipinski definition) is 2. The summed E-state index contributed by atoms with van der Waals surface area (Å²) in [5.41, 5.74) is 0.534. The summed E-state index contributed by atoms with van der Waals surface area (Å²) in [6, 6.07) is 5.20. The van der Waals surface area contributed by atoms with E-state index in [-0.39, 0.29) is 0 Å². The molecule has 0 atom stereocenters. The molecule has 0 fully saturated rings. The van der Waals surface area contributed by atoms with E-state index in [1.54, 1.807) is 24.2 Å². The lowest BCUT2D eigenvalue weighted by Crippen LogP contribution is -2.18. The van der Waals surface area contributed by atoms with Gasteiger partial charge < -0.3 is 5.32 Å². The Balaban J connectivity index is 2.30. The van der Waals surface area contributed by atoms with Gasteiger partial charge in [-0.2, -0.15) is 18.3 Å². The molecule has 0 aliphatic carbocycles. The zero-order valence-electron chi connectivity index (χ0n) is 10.8. The Bertz CT molecular complexity index is 647. The van der Waals surface area contributed by atoms with Gasteiger partial charge in [-0.15, -0.1) is 0 Å². The minimum atomic E-state index is -4.65. The number of halogens is 3. The molecule has 2 N–H and O–H groups in total. The van der Waals surface area contributed by atoms with Gasteiger partial charge in [-0.3, -0.25) is 9.89 Å². The van der Waals surface area contributed by atoms with Gasteiger partial charge in [0.15, 0.2) is 5.69 Å². The minimum absolute atomic E-state index is 0.476. The molecule has 0 saturated heterocycles. The summed E-state index contributed by atoms with van der Waals surface area (Å²) >= 11 is 0. The lowest BCUT2D eigenvalue weighted by molar-refractivity contribution is -0.141. The van der Waals surface area contributed by atoms with Crippen molar-refractivity contribution in [2.24, 2.45) is 0 Å². The normalized spacial score (nSPS) is 11.4. The molecule has 2 aromatic rings. The van der Waals surface area contributed by atoms with Gasteiger partial charge in [-0.25, -0.2) is 0 Å². The van der Waals surface area contributed by atoms with Crippen molar-refractivity contribution in [1.82, 2.24) is 10.2 Å². The third-order valence-electron chi connectivity index (χ3n) is 3.02. The van der Waals surface area contributed by atoms with Crippen LogP contribution in [0.5, 0.6) is 0 Å². The monoisotopic (exact) mass is 283 g/mol. The van der Waals surface area contributed by atoms with E-state index in [0.717, 1.165) is 17.3 Å². The molecule has 1 aromatic heterocycles. The average molecular weight is 283 g/mol. The Morgan fingerprint density at radius 1 is 1.30 bits per heavy atom. The highest BCUT2D eigenvalue weighted by Gasteiger charge is 2.37. The smallest absolute Gasteiger partial charge is 0.322 e. The lowest BCUT2D eigenvalue weighted by atomic mass is 10.1. The van der Waals surface area contributed by atoms with Crippen LogP contribution in [0.1, 0.15) is 27.2 Å². The number of nitrogens with one attached hydrogen (secondary N) is 2. The third-order valence-corrected chi connectivity index (χ3v) is 3.02. The quantitative estimate of drug-likeness (QED) is 0.888. The molecule has 1 amide bonds. The lowest BCUT2D eigenvalue weighted by Gasteiger charge is -2.11. The van der Waals surface area contributed by atoms with Crippen molar-refractivity contribution in [3.05, 3.63) is 46.8 Å². The van der Waals surface area contributed by atoms with Crippen molar-refractivity contribution in [2.45, 2.75) is 20.0 Å². The number of nitrogens with zero attached hydrogens (tertiary/aromatic N) is 1. The summed E-state index contributed by atoms with van der Waals surface area (Å²) in [5.74, 6) is -0.847. The molecule has 4 nitrogen and oxygen atoms in total. The van der Waals surface area contributed by atoms with E-state index in [1.807, 2.05) is 13.0 Å². The number of aromatic nitrogens is 2. The van der Waals surface area contributed by atoms with E-state index in [0.29, 0.717) is 5.69 Å². The summed E-state index contributed by atoms with van der Waals surface area (Å²) in [6.07, 6.45) is -3.78. The largest absolute Gasteiger partial charge is 0.433 e. The number of rotatable bonds is 2. The predicted molar refractivity (Wildman–Crippen MR) is 67.5 cm³/mol. The Morgan fingerprint density at radius 2 is 2.00 bits per heavy atom. The molecule has 20 heavy (non-hydrogen) atoms. The maximum atomic E-state index is 12.7. The van der Waals surface area contributed by atoms with Crippen molar-refractivity contribution in [3.8, 4) is 0 Å². The maximum Gasteiger partial charge on any atom is 0.433 e. The van der Waals surface area contributed by atoms with Gasteiger partial charge in [0.2, 0.25) is 0 Å². The fraction of sp³-hybridized carbons (Fsp3) is 0.231. The number of anilines is 1. The van der Waals surface area contributed by atoms with Crippen LogP contribution in [0.2, 0.25) is 0 Å². The molecular formula is C13H12F3N3O. The Kier molecular flexibility index (Phi) is 3.52. The summed E-state index contributed by atoms with van der Waals surface area (Å²) < 4.78 is 38.0. The average Bonchev–Trinajstić information content (AvgIpc) is 2.84. The number of hydrogen-bond acceptors (Lipinski definition) is 2. The van der Waals surface area contributed by atoms with Gasteiger partial charge in [-0.1, -0.05) is 12.1 Å². The number of alkyl halides is 3. The minimum Gasteiger partial charge on any atom is -0.322 e. The number of carbonyl (C=O) groups excluding carboxylic acids is 1. The van der Waals surface area contributed by atoms with E-state index in [2.05, 4.69) is 10.4 Å². The first-order valence-electron chi connectivity index (χ1n) is 5.79. The standard InChI is InChI=1S/C13H12F3N3O/c1-7-4-3-5-10(8(7)2)18-12(20)9-6-17-19-11(9)13(14,15)16/h3-6H,1-2H3,(H,17,19)(H,18,20). The molecule has 0 spiro atoms. The van der Waals surface area contributed by atoms with Crippen LogP contribution in [0.3, 0.4) is 0 Å². The van der Waals surface area contributed by atoms with Crippen molar-refractivity contribution in [1.29, 1.82) is 0 Å². The second-order valence-electron chi connectivity index (χ2n) is 4.36. The number of aromatic amines is 1. The third kappa shape index (κ3) is 2.66. The summed E-state index contributed by atoms with van der Waals surface area (Å²) in [4.78, 5) is 11.9. The van der Waals surface area contributed by atoms with Gasteiger partial charge in [-0.05, 0) is 31.0 Å². The highest BCUT2D eigenvalue weighted by atomic mass is 19.4. The Labute approximate surface area is 113 Å². The summed E-state index contributed by atoms with van der Waals surface area (Å²) in [6.45, 7) is 3.63. The van der Waals surface area contributed by atoms with Crippen LogP contribution in [0.4, 0.5) is 18.9 Å². The van der Waals surface area contributed by atoms with E-state index < -0.39 is 23.3 Å². The molecule has 0 saturated carbocycles. The van der Waals surface area contributed by atoms with E-state index >= 15 is 0 Å². The number of benzene rings is 1. The molecule has 1 aromatic carbocycles. The van der Waals surface area contributed by atoms with Gasteiger partial charge in [0, 0.05) is 5.69 Å². The second-order valence-corrected chi connectivity index (χ2v) is 4.36. The van der Waals surface area contributed by atoms with Crippen molar-refractivity contribution in [2.75, 3.05) is 5.32 Å². The molecule has 0 radical (unpaired) electrons. The highest BCUT2D eigenvalue weighted by Crippen LogP contribution is 2.30. The van der Waals surface area contributed by atoms with Crippen molar-refractivity contribution in [3.63, 3.8) is 0 Å². The Hall–Kier alpha value is -2.31. The molecule has 0 aliphatic heterocycles. The Morgan fingerprint density at radius 3 is 2.65 bits per heavy atom. The molecule has 1 heterocycles. The molecule has 7 heteroatoms.